The van der Waals surface area contributed by atoms with E-state index in [9.17, 15) is 0 Å². The molecule has 1 aliphatic rings. The maximum absolute atomic E-state index is 5.54. The molecule has 2 rings (SSSR count). The minimum atomic E-state index is 0.608. The van der Waals surface area contributed by atoms with Crippen LogP contribution in [-0.2, 0) is 0 Å². The second kappa shape index (κ2) is 7.87. The molecule has 1 aromatic rings. The Bertz CT molecular complexity index is 398. The Morgan fingerprint density at radius 2 is 1.71 bits per heavy atom. The maximum atomic E-state index is 5.54. The summed E-state index contributed by atoms with van der Waals surface area (Å²) in [6, 6.07) is 8.81. The molecule has 0 amide bonds. The molecule has 118 valence electrons. The summed E-state index contributed by atoms with van der Waals surface area (Å²) in [5, 5.41) is 0. The minimum absolute atomic E-state index is 0.608. The number of hydrogen-bond donors (Lipinski definition) is 0. The molecule has 0 N–H and O–H groups in total. The van der Waals surface area contributed by atoms with Gasteiger partial charge in [-0.15, -0.1) is 0 Å². The number of hydrogen-bond acceptors (Lipinski definition) is 1. The van der Waals surface area contributed by atoms with Crippen molar-refractivity contribution in [2.75, 3.05) is 6.61 Å². The van der Waals surface area contributed by atoms with Gasteiger partial charge in [-0.1, -0.05) is 45.2 Å². The van der Waals surface area contributed by atoms with E-state index in [1.165, 1.54) is 56.9 Å². The highest BCUT2D eigenvalue weighted by Gasteiger charge is 2.30. The van der Waals surface area contributed by atoms with E-state index >= 15 is 0 Å². The molecule has 0 saturated heterocycles. The highest BCUT2D eigenvalue weighted by atomic mass is 16.5. The fourth-order valence-electron chi connectivity index (χ4n) is 3.70. The summed E-state index contributed by atoms with van der Waals surface area (Å²) >= 11 is 0. The Morgan fingerprint density at radius 1 is 1.05 bits per heavy atom. The standard InChI is InChI=1S/C20H32O/c1-4-6-7-14-20(3)15-12-18(13-16-20)17-8-10-19(11-9-17)21-5-2/h8-11,18H,4-7,12-16H2,1-3H3. The van der Waals surface area contributed by atoms with Crippen molar-refractivity contribution in [3.63, 3.8) is 0 Å². The predicted octanol–water partition coefficient (Wildman–Crippen LogP) is 6.33. The average Bonchev–Trinajstić information content (AvgIpc) is 2.50. The largest absolute Gasteiger partial charge is 0.494 e. The van der Waals surface area contributed by atoms with Crippen molar-refractivity contribution in [1.82, 2.24) is 0 Å². The molecule has 1 fully saturated rings. The van der Waals surface area contributed by atoms with Crippen LogP contribution in [0.5, 0.6) is 5.75 Å². The Hall–Kier alpha value is -0.980. The van der Waals surface area contributed by atoms with Crippen LogP contribution < -0.4 is 4.74 Å². The van der Waals surface area contributed by atoms with Crippen LogP contribution in [0.25, 0.3) is 0 Å². The molecule has 0 aliphatic heterocycles. The molecule has 0 bridgehead atoms. The molecule has 1 heteroatoms. The Labute approximate surface area is 131 Å². The fraction of sp³-hybridized carbons (Fsp3) is 0.700. The van der Waals surface area contributed by atoms with Crippen LogP contribution in [0.2, 0.25) is 0 Å². The predicted molar refractivity (Wildman–Crippen MR) is 91.1 cm³/mol. The van der Waals surface area contributed by atoms with E-state index in [2.05, 4.69) is 38.1 Å². The molecular weight excluding hydrogens is 256 g/mol. The van der Waals surface area contributed by atoms with Crippen molar-refractivity contribution in [3.05, 3.63) is 29.8 Å². The molecule has 0 heterocycles. The maximum Gasteiger partial charge on any atom is 0.119 e. The van der Waals surface area contributed by atoms with Gasteiger partial charge in [0.25, 0.3) is 0 Å². The Kier molecular flexibility index (Phi) is 6.14. The minimum Gasteiger partial charge on any atom is -0.494 e. The van der Waals surface area contributed by atoms with Gasteiger partial charge in [0, 0.05) is 0 Å². The molecule has 0 spiro atoms. The molecule has 1 saturated carbocycles. The third kappa shape index (κ3) is 4.76. The van der Waals surface area contributed by atoms with Crippen LogP contribution >= 0.6 is 0 Å². The summed E-state index contributed by atoms with van der Waals surface area (Å²) < 4.78 is 5.54. The normalized spacial score (nSPS) is 25.8. The van der Waals surface area contributed by atoms with Gasteiger partial charge < -0.3 is 4.74 Å². The zero-order valence-corrected chi connectivity index (χ0v) is 14.2. The van der Waals surface area contributed by atoms with Crippen molar-refractivity contribution < 1.29 is 4.74 Å². The summed E-state index contributed by atoms with van der Waals surface area (Å²) in [5.41, 5.74) is 2.12. The SMILES string of the molecule is CCCCCC1(C)CCC(c2ccc(OCC)cc2)CC1. The summed E-state index contributed by atoms with van der Waals surface area (Å²) in [6.07, 6.45) is 11.1. The van der Waals surface area contributed by atoms with Crippen LogP contribution in [0.3, 0.4) is 0 Å². The number of unbranched alkanes of at least 4 members (excludes halogenated alkanes) is 2. The highest BCUT2D eigenvalue weighted by Crippen LogP contribution is 2.45. The van der Waals surface area contributed by atoms with Crippen molar-refractivity contribution in [3.8, 4) is 5.75 Å². The van der Waals surface area contributed by atoms with E-state index in [0.717, 1.165) is 18.3 Å². The second-order valence-corrected chi connectivity index (χ2v) is 7.04. The van der Waals surface area contributed by atoms with Gasteiger partial charge in [0.15, 0.2) is 0 Å². The smallest absolute Gasteiger partial charge is 0.119 e. The first-order chi connectivity index (χ1) is 10.2. The highest BCUT2D eigenvalue weighted by molar-refractivity contribution is 5.29. The van der Waals surface area contributed by atoms with Crippen molar-refractivity contribution >= 4 is 0 Å². The lowest BCUT2D eigenvalue weighted by Crippen LogP contribution is -2.23. The number of ether oxygens (including phenoxy) is 1. The second-order valence-electron chi connectivity index (χ2n) is 7.04. The van der Waals surface area contributed by atoms with Crippen LogP contribution in [-0.4, -0.2) is 6.61 Å². The lowest BCUT2D eigenvalue weighted by Gasteiger charge is -2.38. The van der Waals surface area contributed by atoms with Crippen molar-refractivity contribution in [2.24, 2.45) is 5.41 Å². The first-order valence-corrected chi connectivity index (χ1v) is 8.89. The van der Waals surface area contributed by atoms with Crippen molar-refractivity contribution in [1.29, 1.82) is 0 Å². The molecule has 0 aromatic heterocycles. The van der Waals surface area contributed by atoms with Crippen LogP contribution in [0.15, 0.2) is 24.3 Å². The van der Waals surface area contributed by atoms with Gasteiger partial charge in [-0.05, 0) is 68.1 Å². The summed E-state index contributed by atoms with van der Waals surface area (Å²) in [7, 11) is 0. The van der Waals surface area contributed by atoms with E-state index in [-0.39, 0.29) is 0 Å². The zero-order valence-electron chi connectivity index (χ0n) is 14.2. The van der Waals surface area contributed by atoms with Gasteiger partial charge in [0.1, 0.15) is 5.75 Å². The molecular formula is C20H32O. The number of rotatable bonds is 7. The zero-order chi connectivity index (χ0) is 15.1. The topological polar surface area (TPSA) is 9.23 Å². The van der Waals surface area contributed by atoms with E-state index in [1.54, 1.807) is 0 Å². The van der Waals surface area contributed by atoms with Crippen LogP contribution in [0.1, 0.15) is 83.6 Å². The van der Waals surface area contributed by atoms with Gasteiger partial charge in [-0.25, -0.2) is 0 Å². The monoisotopic (exact) mass is 288 g/mol. The first kappa shape index (κ1) is 16.4. The number of benzene rings is 1. The summed E-state index contributed by atoms with van der Waals surface area (Å²) in [5.74, 6) is 1.77. The Balaban J connectivity index is 1.85. The van der Waals surface area contributed by atoms with Gasteiger partial charge in [-0.2, -0.15) is 0 Å². The molecule has 1 nitrogen and oxygen atoms in total. The third-order valence-electron chi connectivity index (χ3n) is 5.24. The lowest BCUT2D eigenvalue weighted by molar-refractivity contribution is 0.178. The van der Waals surface area contributed by atoms with E-state index in [4.69, 9.17) is 4.74 Å². The van der Waals surface area contributed by atoms with Crippen LogP contribution in [0, 0.1) is 5.41 Å². The van der Waals surface area contributed by atoms with E-state index < -0.39 is 0 Å². The van der Waals surface area contributed by atoms with Gasteiger partial charge in [0.05, 0.1) is 6.61 Å². The molecule has 1 aliphatic carbocycles. The van der Waals surface area contributed by atoms with Gasteiger partial charge in [-0.3, -0.25) is 0 Å². The first-order valence-electron chi connectivity index (χ1n) is 8.89. The summed E-state index contributed by atoms with van der Waals surface area (Å²) in [6.45, 7) is 7.59. The third-order valence-corrected chi connectivity index (χ3v) is 5.24. The Morgan fingerprint density at radius 3 is 2.29 bits per heavy atom. The fourth-order valence-corrected chi connectivity index (χ4v) is 3.70. The molecule has 0 radical (unpaired) electrons. The average molecular weight is 288 g/mol. The molecule has 1 aromatic carbocycles. The lowest BCUT2D eigenvalue weighted by atomic mass is 9.68. The van der Waals surface area contributed by atoms with E-state index in [0.29, 0.717) is 5.41 Å². The molecule has 0 atom stereocenters. The van der Waals surface area contributed by atoms with E-state index in [1.807, 2.05) is 6.92 Å². The van der Waals surface area contributed by atoms with Crippen LogP contribution in [0.4, 0.5) is 0 Å². The summed E-state index contributed by atoms with van der Waals surface area (Å²) in [4.78, 5) is 0. The van der Waals surface area contributed by atoms with Gasteiger partial charge in [0.2, 0.25) is 0 Å². The quantitative estimate of drug-likeness (QED) is 0.533. The van der Waals surface area contributed by atoms with Gasteiger partial charge >= 0.3 is 0 Å². The van der Waals surface area contributed by atoms with Crippen molar-refractivity contribution in [2.45, 2.75) is 78.1 Å². The molecule has 0 unspecified atom stereocenters. The molecule has 21 heavy (non-hydrogen) atoms.